The minimum Gasteiger partial charge on any atom is -0.333 e. The zero-order valence-corrected chi connectivity index (χ0v) is 11.0. The third kappa shape index (κ3) is 1.98. The maximum absolute atomic E-state index is 5.09. The molecule has 0 fully saturated rings. The number of nitrogens with zero attached hydrogens (tertiary/aromatic N) is 2. The number of hydrogen-bond donors (Lipinski definition) is 0. The van der Waals surface area contributed by atoms with E-state index < -0.39 is 0 Å². The first-order valence-electron chi connectivity index (χ1n) is 3.92. The van der Waals surface area contributed by atoms with E-state index in [9.17, 15) is 0 Å². The molecule has 0 spiro atoms. The normalized spacial score (nSPS) is 10.5. The molecule has 3 nitrogen and oxygen atoms in total. The topological polar surface area (TPSA) is 38.9 Å². The summed E-state index contributed by atoms with van der Waals surface area (Å²) in [6.45, 7) is 2.01. The van der Waals surface area contributed by atoms with E-state index in [0.717, 1.165) is 15.6 Å². The van der Waals surface area contributed by atoms with Crippen LogP contribution in [-0.4, -0.2) is 10.1 Å². The molecule has 0 atom stereocenters. The van der Waals surface area contributed by atoms with Crippen molar-refractivity contribution in [2.24, 2.45) is 0 Å². The van der Waals surface area contributed by atoms with Crippen molar-refractivity contribution >= 4 is 38.5 Å². The van der Waals surface area contributed by atoms with Crippen LogP contribution in [-0.2, 0) is 0 Å². The standard InChI is InChI=1S/C9H6BrIN2O/c1-5-4-6(10)2-3-7(5)8-12-9(11)13-14-8/h2-4H,1H3. The molecular formula is C9H6BrIN2O. The van der Waals surface area contributed by atoms with E-state index in [4.69, 9.17) is 4.52 Å². The zero-order chi connectivity index (χ0) is 10.1. The van der Waals surface area contributed by atoms with Gasteiger partial charge in [0.1, 0.15) is 0 Å². The molecule has 2 rings (SSSR count). The Hall–Kier alpha value is -0.430. The number of halogens is 2. The van der Waals surface area contributed by atoms with Crippen molar-refractivity contribution in [3.8, 4) is 11.5 Å². The monoisotopic (exact) mass is 364 g/mol. The lowest BCUT2D eigenvalue weighted by molar-refractivity contribution is 0.425. The highest BCUT2D eigenvalue weighted by Gasteiger charge is 2.09. The van der Waals surface area contributed by atoms with Crippen LogP contribution in [0.2, 0.25) is 0 Å². The SMILES string of the molecule is Cc1cc(Br)ccc1-c1nc(I)no1. The lowest BCUT2D eigenvalue weighted by atomic mass is 10.1. The van der Waals surface area contributed by atoms with Crippen molar-refractivity contribution in [3.05, 3.63) is 32.1 Å². The smallest absolute Gasteiger partial charge is 0.258 e. The molecule has 0 bridgehead atoms. The van der Waals surface area contributed by atoms with E-state index in [1.807, 2.05) is 47.7 Å². The summed E-state index contributed by atoms with van der Waals surface area (Å²) in [6, 6.07) is 5.94. The average Bonchev–Trinajstić information content (AvgIpc) is 2.51. The van der Waals surface area contributed by atoms with Gasteiger partial charge < -0.3 is 4.52 Å². The van der Waals surface area contributed by atoms with Crippen LogP contribution in [0.3, 0.4) is 0 Å². The summed E-state index contributed by atoms with van der Waals surface area (Å²) in [7, 11) is 0. The maximum Gasteiger partial charge on any atom is 0.258 e. The first kappa shape index (κ1) is 10.1. The van der Waals surface area contributed by atoms with Gasteiger partial charge in [0, 0.05) is 32.6 Å². The molecule has 0 aliphatic heterocycles. The zero-order valence-electron chi connectivity index (χ0n) is 7.29. The predicted molar refractivity (Wildman–Crippen MR) is 64.9 cm³/mol. The molecule has 0 aliphatic rings. The molecule has 0 saturated heterocycles. The Kier molecular flexibility index (Phi) is 2.87. The van der Waals surface area contributed by atoms with E-state index in [-0.39, 0.29) is 0 Å². The Bertz CT molecular complexity index is 470. The lowest BCUT2D eigenvalue weighted by Crippen LogP contribution is -1.83. The Morgan fingerprint density at radius 1 is 1.43 bits per heavy atom. The van der Waals surface area contributed by atoms with Gasteiger partial charge in [0.15, 0.2) is 0 Å². The van der Waals surface area contributed by atoms with E-state index in [2.05, 4.69) is 26.1 Å². The summed E-state index contributed by atoms with van der Waals surface area (Å²) < 4.78 is 6.76. The predicted octanol–water partition coefficient (Wildman–Crippen LogP) is 3.41. The molecule has 2 aromatic rings. The van der Waals surface area contributed by atoms with Gasteiger partial charge in [0.2, 0.25) is 3.83 Å². The average molecular weight is 365 g/mol. The lowest BCUT2D eigenvalue weighted by Gasteiger charge is -1.99. The van der Waals surface area contributed by atoms with E-state index in [1.54, 1.807) is 0 Å². The fraction of sp³-hybridized carbons (Fsp3) is 0.111. The molecule has 0 amide bonds. The molecule has 1 heterocycles. The largest absolute Gasteiger partial charge is 0.333 e. The van der Waals surface area contributed by atoms with Gasteiger partial charge in [-0.25, -0.2) is 0 Å². The summed E-state index contributed by atoms with van der Waals surface area (Å²) in [5.41, 5.74) is 2.09. The Balaban J connectivity index is 2.52. The van der Waals surface area contributed by atoms with Crippen LogP contribution in [0.1, 0.15) is 5.56 Å². The number of rotatable bonds is 1. The van der Waals surface area contributed by atoms with Crippen molar-refractivity contribution < 1.29 is 4.52 Å². The number of aromatic nitrogens is 2. The molecule has 72 valence electrons. The van der Waals surface area contributed by atoms with E-state index in [1.165, 1.54) is 0 Å². The first-order chi connectivity index (χ1) is 6.66. The Labute approximate surface area is 103 Å². The number of aryl methyl sites for hydroxylation is 1. The van der Waals surface area contributed by atoms with Crippen molar-refractivity contribution in [3.63, 3.8) is 0 Å². The van der Waals surface area contributed by atoms with Crippen LogP contribution in [0, 0.1) is 10.8 Å². The molecule has 1 aromatic carbocycles. The summed E-state index contributed by atoms with van der Waals surface area (Å²) >= 11 is 5.43. The van der Waals surface area contributed by atoms with Crippen LogP contribution >= 0.6 is 38.5 Å². The minimum absolute atomic E-state index is 0.569. The summed E-state index contributed by atoms with van der Waals surface area (Å²) in [5.74, 6) is 0.569. The molecule has 0 unspecified atom stereocenters. The van der Waals surface area contributed by atoms with Crippen LogP contribution in [0.25, 0.3) is 11.5 Å². The summed E-state index contributed by atoms with van der Waals surface area (Å²) in [5, 5.41) is 3.75. The number of hydrogen-bond acceptors (Lipinski definition) is 3. The summed E-state index contributed by atoms with van der Waals surface area (Å²) in [6.07, 6.45) is 0. The molecule has 1 aromatic heterocycles. The molecule has 0 N–H and O–H groups in total. The van der Waals surface area contributed by atoms with Gasteiger partial charge in [0.05, 0.1) is 0 Å². The van der Waals surface area contributed by atoms with Gasteiger partial charge in [-0.2, -0.15) is 4.98 Å². The highest BCUT2D eigenvalue weighted by molar-refractivity contribution is 14.1. The molecule has 0 radical (unpaired) electrons. The minimum atomic E-state index is 0.569. The third-order valence-corrected chi connectivity index (χ3v) is 2.75. The quantitative estimate of drug-likeness (QED) is 0.728. The molecular weight excluding hydrogens is 359 g/mol. The van der Waals surface area contributed by atoms with Crippen LogP contribution in [0.15, 0.2) is 27.2 Å². The van der Waals surface area contributed by atoms with Crippen LogP contribution in [0.4, 0.5) is 0 Å². The molecule has 14 heavy (non-hydrogen) atoms. The van der Waals surface area contributed by atoms with E-state index in [0.29, 0.717) is 9.72 Å². The first-order valence-corrected chi connectivity index (χ1v) is 5.80. The molecule has 0 aliphatic carbocycles. The third-order valence-electron chi connectivity index (χ3n) is 1.82. The van der Waals surface area contributed by atoms with Crippen LogP contribution < -0.4 is 0 Å². The fourth-order valence-corrected chi connectivity index (χ4v) is 1.98. The Morgan fingerprint density at radius 3 is 2.79 bits per heavy atom. The Morgan fingerprint density at radius 2 is 2.21 bits per heavy atom. The van der Waals surface area contributed by atoms with Crippen molar-refractivity contribution in [2.75, 3.05) is 0 Å². The van der Waals surface area contributed by atoms with Gasteiger partial charge in [0.25, 0.3) is 5.89 Å². The van der Waals surface area contributed by atoms with E-state index >= 15 is 0 Å². The molecule has 0 saturated carbocycles. The van der Waals surface area contributed by atoms with Crippen molar-refractivity contribution in [1.82, 2.24) is 10.1 Å². The van der Waals surface area contributed by atoms with Gasteiger partial charge in [-0.1, -0.05) is 21.1 Å². The highest BCUT2D eigenvalue weighted by atomic mass is 127. The van der Waals surface area contributed by atoms with Gasteiger partial charge >= 0.3 is 0 Å². The second-order valence-electron chi connectivity index (χ2n) is 2.83. The highest BCUT2D eigenvalue weighted by Crippen LogP contribution is 2.24. The van der Waals surface area contributed by atoms with Crippen molar-refractivity contribution in [2.45, 2.75) is 6.92 Å². The van der Waals surface area contributed by atoms with Crippen LogP contribution in [0.5, 0.6) is 0 Å². The van der Waals surface area contributed by atoms with Gasteiger partial charge in [-0.15, -0.1) is 0 Å². The maximum atomic E-state index is 5.09. The van der Waals surface area contributed by atoms with Crippen molar-refractivity contribution in [1.29, 1.82) is 0 Å². The second kappa shape index (κ2) is 3.98. The summed E-state index contributed by atoms with van der Waals surface area (Å²) in [4.78, 5) is 4.17. The second-order valence-corrected chi connectivity index (χ2v) is 4.71. The number of benzene rings is 1. The van der Waals surface area contributed by atoms with Gasteiger partial charge in [-0.3, -0.25) is 0 Å². The fourth-order valence-electron chi connectivity index (χ4n) is 1.18. The molecule has 5 heteroatoms. The van der Waals surface area contributed by atoms with Gasteiger partial charge in [-0.05, 0) is 30.7 Å².